The molecule has 9 heteroatoms. The molecule has 0 radical (unpaired) electrons. The van der Waals surface area contributed by atoms with Crippen molar-refractivity contribution >= 4 is 23.8 Å². The van der Waals surface area contributed by atoms with E-state index in [4.69, 9.17) is 10.00 Å². The number of rotatable bonds is 5. The molecule has 1 unspecified atom stereocenters. The van der Waals surface area contributed by atoms with Crippen LogP contribution in [0.4, 0.5) is 4.79 Å². The van der Waals surface area contributed by atoms with E-state index in [0.717, 1.165) is 17.7 Å². The highest BCUT2D eigenvalue weighted by atomic mass is 16.6. The molecule has 3 rings (SSSR count). The molecule has 0 bridgehead atoms. The summed E-state index contributed by atoms with van der Waals surface area (Å²) in [6.45, 7) is 9.99. The predicted octanol–water partition coefficient (Wildman–Crippen LogP) is 2.33. The first kappa shape index (κ1) is 23.9. The zero-order valence-electron chi connectivity index (χ0n) is 18.1. The number of nitrogens with one attached hydrogen (secondary N) is 1. The molecule has 1 aromatic carbocycles. The average molecular weight is 428 g/mol. The Labute approximate surface area is 181 Å². The van der Waals surface area contributed by atoms with E-state index in [1.54, 1.807) is 49.9 Å². The van der Waals surface area contributed by atoms with Gasteiger partial charge in [-0.3, -0.25) is 19.3 Å². The molecule has 1 fully saturated rings. The number of fused-ring (bicyclic) bond motifs is 1. The molecule has 0 aliphatic carbocycles. The van der Waals surface area contributed by atoms with Gasteiger partial charge >= 0.3 is 6.09 Å². The van der Waals surface area contributed by atoms with Gasteiger partial charge in [-0.05, 0) is 45.7 Å². The van der Waals surface area contributed by atoms with Crippen LogP contribution in [0.15, 0.2) is 24.3 Å². The monoisotopic (exact) mass is 428 g/mol. The minimum Gasteiger partial charge on any atom is -0.444 e. The first-order valence-corrected chi connectivity index (χ1v) is 10.1. The quantitative estimate of drug-likeness (QED) is 0.719. The smallest absolute Gasteiger partial charge is 0.407 e. The average Bonchev–Trinajstić information content (AvgIpc) is 3.32. The summed E-state index contributed by atoms with van der Waals surface area (Å²) in [6, 6.07) is 5.85. The number of amides is 4. The summed E-state index contributed by atoms with van der Waals surface area (Å²) < 4.78 is 5.29. The maximum absolute atomic E-state index is 12.7. The number of carbonyl (C=O) groups excluding carboxylic acids is 4. The van der Waals surface area contributed by atoms with Gasteiger partial charge in [0.05, 0.1) is 23.7 Å². The number of carbonyl (C=O) groups is 4. The maximum Gasteiger partial charge on any atom is 0.407 e. The van der Waals surface area contributed by atoms with Crippen molar-refractivity contribution < 1.29 is 23.9 Å². The van der Waals surface area contributed by atoms with Crippen molar-refractivity contribution in [2.45, 2.75) is 51.7 Å². The van der Waals surface area contributed by atoms with E-state index in [0.29, 0.717) is 24.2 Å². The zero-order chi connectivity index (χ0) is 23.2. The molecular weight excluding hydrogens is 400 g/mol. The summed E-state index contributed by atoms with van der Waals surface area (Å²) in [6.07, 6.45) is 1.21. The lowest BCUT2D eigenvalue weighted by Gasteiger charge is -2.27. The largest absolute Gasteiger partial charge is 0.444 e. The summed E-state index contributed by atoms with van der Waals surface area (Å²) >= 11 is 0. The van der Waals surface area contributed by atoms with Crippen molar-refractivity contribution in [1.29, 1.82) is 5.26 Å². The van der Waals surface area contributed by atoms with Crippen LogP contribution in [0, 0.1) is 11.8 Å². The molecule has 1 aromatic rings. The fraction of sp³-hybridized carbons (Fsp3) is 0.500. The van der Waals surface area contributed by atoms with Gasteiger partial charge in [-0.1, -0.05) is 12.1 Å². The van der Waals surface area contributed by atoms with Gasteiger partial charge in [-0.2, -0.15) is 0 Å². The Morgan fingerprint density at radius 1 is 1.10 bits per heavy atom. The molecule has 166 valence electrons. The number of hydrogen-bond donors (Lipinski definition) is 1. The van der Waals surface area contributed by atoms with Crippen LogP contribution in [-0.2, 0) is 9.53 Å². The van der Waals surface area contributed by atoms with Crippen LogP contribution < -0.4 is 5.32 Å². The number of benzene rings is 1. The van der Waals surface area contributed by atoms with E-state index in [1.807, 2.05) is 0 Å². The third-order valence-corrected chi connectivity index (χ3v) is 4.88. The predicted molar refractivity (Wildman–Crippen MR) is 112 cm³/mol. The van der Waals surface area contributed by atoms with Gasteiger partial charge < -0.3 is 15.0 Å². The van der Waals surface area contributed by atoms with Crippen molar-refractivity contribution in [3.8, 4) is 6.57 Å². The Morgan fingerprint density at radius 2 is 1.61 bits per heavy atom. The lowest BCUT2D eigenvalue weighted by atomic mass is 10.1. The second-order valence-corrected chi connectivity index (χ2v) is 8.40. The topological polar surface area (TPSA) is 120 Å². The van der Waals surface area contributed by atoms with Crippen LogP contribution >= 0.6 is 0 Å². The van der Waals surface area contributed by atoms with Gasteiger partial charge in [-0.25, -0.2) is 10.1 Å². The number of imide groups is 1. The molecule has 2 heterocycles. The Balaban J connectivity index is 0.00000166. The maximum atomic E-state index is 12.7. The van der Waals surface area contributed by atoms with Gasteiger partial charge in [0.15, 0.2) is 0 Å². The molecule has 2 aliphatic heterocycles. The first-order valence-electron chi connectivity index (χ1n) is 10.1. The Bertz CT molecular complexity index is 833. The number of hydrogen-bond acceptors (Lipinski definition) is 6. The molecule has 0 saturated carbocycles. The fourth-order valence-electron chi connectivity index (χ4n) is 3.57. The van der Waals surface area contributed by atoms with Gasteiger partial charge in [0.2, 0.25) is 5.91 Å². The van der Waals surface area contributed by atoms with E-state index in [2.05, 4.69) is 11.9 Å². The highest BCUT2D eigenvalue weighted by Crippen LogP contribution is 2.23. The number of nitriles is 1. The number of alkyl carbamates (subject to hydrolysis) is 1. The molecule has 0 spiro atoms. The lowest BCUT2D eigenvalue weighted by molar-refractivity contribution is -0.130. The summed E-state index contributed by atoms with van der Waals surface area (Å²) in [7, 11) is 0. The van der Waals surface area contributed by atoms with Gasteiger partial charge in [-0.15, -0.1) is 0 Å². The van der Waals surface area contributed by atoms with Crippen molar-refractivity contribution in [3.05, 3.63) is 35.4 Å². The molecule has 9 nitrogen and oxygen atoms in total. The molecule has 0 aromatic heterocycles. The minimum atomic E-state index is -0.736. The molecule has 4 amide bonds. The van der Waals surface area contributed by atoms with Crippen LogP contribution in [-0.4, -0.2) is 64.9 Å². The van der Waals surface area contributed by atoms with Crippen LogP contribution in [0.1, 0.15) is 60.7 Å². The molecule has 1 N–H and O–H groups in total. The Morgan fingerprint density at radius 3 is 2.10 bits per heavy atom. The van der Waals surface area contributed by atoms with E-state index in [-0.39, 0.29) is 18.9 Å². The van der Waals surface area contributed by atoms with Crippen LogP contribution in [0.25, 0.3) is 0 Å². The molecule has 31 heavy (non-hydrogen) atoms. The first-order chi connectivity index (χ1) is 14.7. The summed E-state index contributed by atoms with van der Waals surface area (Å²) in [4.78, 5) is 53.1. The van der Waals surface area contributed by atoms with Gasteiger partial charge in [0, 0.05) is 26.1 Å². The molecule has 2 aliphatic rings. The van der Waals surface area contributed by atoms with E-state index in [1.165, 1.54) is 0 Å². The van der Waals surface area contributed by atoms with Crippen LogP contribution in [0.5, 0.6) is 0 Å². The van der Waals surface area contributed by atoms with Crippen molar-refractivity contribution in [1.82, 2.24) is 15.1 Å². The van der Waals surface area contributed by atoms with E-state index >= 15 is 0 Å². The summed E-state index contributed by atoms with van der Waals surface area (Å²) in [5, 5.41) is 9.17. The Hall–Kier alpha value is -3.41. The van der Waals surface area contributed by atoms with Crippen LogP contribution in [0.3, 0.4) is 0 Å². The summed E-state index contributed by atoms with van der Waals surface area (Å²) in [5.74, 6) is -0.953. The fourth-order valence-corrected chi connectivity index (χ4v) is 3.57. The zero-order valence-corrected chi connectivity index (χ0v) is 18.1. The van der Waals surface area contributed by atoms with Crippen molar-refractivity contribution in [2.75, 3.05) is 19.6 Å². The molecule has 1 saturated heterocycles. The third-order valence-electron chi connectivity index (χ3n) is 4.88. The minimum absolute atomic E-state index is 0.00729. The number of nitrogens with zero attached hydrogens (tertiary/aromatic N) is 3. The molecular formula is C22H28N4O5. The van der Waals surface area contributed by atoms with Gasteiger partial charge in [0.25, 0.3) is 11.8 Å². The van der Waals surface area contributed by atoms with Crippen LogP contribution in [0.2, 0.25) is 0 Å². The lowest BCUT2D eigenvalue weighted by Crippen LogP contribution is -2.49. The third kappa shape index (κ3) is 6.04. The van der Waals surface area contributed by atoms with Crippen molar-refractivity contribution in [2.24, 2.45) is 0 Å². The highest BCUT2D eigenvalue weighted by molar-refractivity contribution is 6.21. The second kappa shape index (κ2) is 10.1. The Kier molecular flexibility index (Phi) is 7.75. The second-order valence-electron chi connectivity index (χ2n) is 8.40. The van der Waals surface area contributed by atoms with Gasteiger partial charge in [0.1, 0.15) is 5.60 Å². The van der Waals surface area contributed by atoms with E-state index in [9.17, 15) is 19.2 Å². The van der Waals surface area contributed by atoms with E-state index < -0.39 is 29.6 Å². The highest BCUT2D eigenvalue weighted by Gasteiger charge is 2.37. The molecule has 1 atom stereocenters. The SMILES string of the molecule is C#N.CC(C)(C)OC(=O)NC(CC(=O)N1CCCC1)CN1C(=O)c2ccccc2C1=O. The standard InChI is InChI=1S/C21H27N3O5.CHN/c1-21(2,3)29-20(28)22-14(12-17(25)23-10-6-7-11-23)13-24-18(26)15-8-4-5-9-16(15)19(24)27;1-2/h4-5,8-9,14H,6-7,10-13H2,1-3H3,(H,22,28);1H. The normalized spacial score (nSPS) is 16.3. The summed E-state index contributed by atoms with van der Waals surface area (Å²) in [5.41, 5.74) is -0.0397. The van der Waals surface area contributed by atoms with Crippen molar-refractivity contribution in [3.63, 3.8) is 0 Å². The number of likely N-dealkylation sites (tertiary alicyclic amines) is 1. The number of ether oxygens (including phenoxy) is 1.